The molecule has 0 aromatic carbocycles. The van der Waals surface area contributed by atoms with Crippen molar-refractivity contribution in [3.8, 4) is 5.88 Å². The van der Waals surface area contributed by atoms with E-state index < -0.39 is 5.91 Å². The Bertz CT molecular complexity index is 618. The maximum atomic E-state index is 12.0. The van der Waals surface area contributed by atoms with E-state index in [2.05, 4.69) is 15.3 Å². The number of carbonyl (C=O) groups is 1. The first kappa shape index (κ1) is 14.6. The van der Waals surface area contributed by atoms with Crippen LogP contribution >= 0.6 is 23.2 Å². The van der Waals surface area contributed by atoms with Crippen molar-refractivity contribution in [1.82, 2.24) is 15.3 Å². The van der Waals surface area contributed by atoms with E-state index >= 15 is 0 Å². The van der Waals surface area contributed by atoms with Gasteiger partial charge in [0, 0.05) is 18.8 Å². The summed E-state index contributed by atoms with van der Waals surface area (Å²) < 4.78 is 4.95. The summed E-state index contributed by atoms with van der Waals surface area (Å²) in [5.41, 5.74) is 0.929. The van der Waals surface area contributed by atoms with Crippen LogP contribution in [0.1, 0.15) is 16.1 Å². The number of pyridine rings is 2. The van der Waals surface area contributed by atoms with Crippen LogP contribution in [0.4, 0.5) is 0 Å². The smallest absolute Gasteiger partial charge is 0.271 e. The highest BCUT2D eigenvalue weighted by atomic mass is 35.5. The third kappa shape index (κ3) is 3.59. The Morgan fingerprint density at radius 3 is 2.75 bits per heavy atom. The average Bonchev–Trinajstić information content (AvgIpc) is 2.47. The van der Waals surface area contributed by atoms with Gasteiger partial charge in [-0.05, 0) is 17.7 Å². The molecule has 0 aliphatic carbocycles. The van der Waals surface area contributed by atoms with E-state index in [1.54, 1.807) is 18.3 Å². The van der Waals surface area contributed by atoms with Gasteiger partial charge >= 0.3 is 0 Å². The SMILES string of the molecule is COc1ccc(CNC(=O)c2nc(Cl)ccc2Cl)cn1. The molecule has 5 nitrogen and oxygen atoms in total. The molecule has 7 heteroatoms. The fourth-order valence-electron chi connectivity index (χ4n) is 1.48. The minimum atomic E-state index is -0.395. The van der Waals surface area contributed by atoms with E-state index in [-0.39, 0.29) is 15.9 Å². The number of nitrogens with one attached hydrogen (secondary N) is 1. The Morgan fingerprint density at radius 2 is 2.10 bits per heavy atom. The fraction of sp³-hybridized carbons (Fsp3) is 0.154. The van der Waals surface area contributed by atoms with Crippen LogP contribution in [-0.2, 0) is 6.54 Å². The van der Waals surface area contributed by atoms with Crippen LogP contribution in [0.2, 0.25) is 10.2 Å². The Morgan fingerprint density at radius 1 is 1.30 bits per heavy atom. The molecule has 0 atom stereocenters. The number of rotatable bonds is 4. The van der Waals surface area contributed by atoms with Crippen molar-refractivity contribution in [3.63, 3.8) is 0 Å². The highest BCUT2D eigenvalue weighted by molar-refractivity contribution is 6.34. The zero-order chi connectivity index (χ0) is 14.5. The number of amides is 1. The molecule has 0 bridgehead atoms. The van der Waals surface area contributed by atoms with Crippen LogP contribution in [0.15, 0.2) is 30.5 Å². The van der Waals surface area contributed by atoms with Crippen molar-refractivity contribution in [2.24, 2.45) is 0 Å². The van der Waals surface area contributed by atoms with E-state index in [0.717, 1.165) is 5.56 Å². The summed E-state index contributed by atoms with van der Waals surface area (Å²) in [6, 6.07) is 6.57. The molecule has 0 aliphatic heterocycles. The molecule has 0 radical (unpaired) electrons. The number of hydrogen-bond acceptors (Lipinski definition) is 4. The molecule has 0 saturated heterocycles. The third-order valence-corrected chi connectivity index (χ3v) is 3.00. The van der Waals surface area contributed by atoms with Gasteiger partial charge in [0.05, 0.1) is 12.1 Å². The van der Waals surface area contributed by atoms with Crippen LogP contribution in [0.3, 0.4) is 0 Å². The summed E-state index contributed by atoms with van der Waals surface area (Å²) in [4.78, 5) is 19.9. The predicted octanol–water partition coefficient (Wildman–Crippen LogP) is 2.72. The molecule has 2 heterocycles. The monoisotopic (exact) mass is 311 g/mol. The van der Waals surface area contributed by atoms with E-state index in [0.29, 0.717) is 12.4 Å². The zero-order valence-electron chi connectivity index (χ0n) is 10.6. The summed E-state index contributed by atoms with van der Waals surface area (Å²) in [5, 5.41) is 3.16. The molecule has 1 N–H and O–H groups in total. The number of methoxy groups -OCH3 is 1. The van der Waals surface area contributed by atoms with Crippen molar-refractivity contribution < 1.29 is 9.53 Å². The lowest BCUT2D eigenvalue weighted by molar-refractivity contribution is 0.0946. The largest absolute Gasteiger partial charge is 0.481 e. The maximum absolute atomic E-state index is 12.0. The fourth-order valence-corrected chi connectivity index (χ4v) is 1.82. The van der Waals surface area contributed by atoms with Crippen molar-refractivity contribution >= 4 is 29.1 Å². The zero-order valence-corrected chi connectivity index (χ0v) is 12.1. The molecular formula is C13H11Cl2N3O2. The number of ether oxygens (including phenoxy) is 1. The highest BCUT2D eigenvalue weighted by Crippen LogP contribution is 2.16. The summed E-state index contributed by atoms with van der Waals surface area (Å²) in [6.45, 7) is 0.306. The van der Waals surface area contributed by atoms with Gasteiger partial charge in [-0.15, -0.1) is 0 Å². The van der Waals surface area contributed by atoms with Crippen LogP contribution in [-0.4, -0.2) is 23.0 Å². The molecule has 0 aliphatic rings. The summed E-state index contributed by atoms with van der Waals surface area (Å²) in [7, 11) is 1.54. The lowest BCUT2D eigenvalue weighted by Crippen LogP contribution is -2.24. The van der Waals surface area contributed by atoms with Gasteiger partial charge in [-0.1, -0.05) is 29.3 Å². The van der Waals surface area contributed by atoms with Crippen molar-refractivity contribution in [2.45, 2.75) is 6.54 Å². The van der Waals surface area contributed by atoms with Gasteiger partial charge in [-0.2, -0.15) is 0 Å². The first-order chi connectivity index (χ1) is 9.60. The first-order valence-electron chi connectivity index (χ1n) is 5.69. The maximum Gasteiger partial charge on any atom is 0.271 e. The molecule has 2 aromatic heterocycles. The molecular weight excluding hydrogens is 301 g/mol. The van der Waals surface area contributed by atoms with Crippen molar-refractivity contribution in [3.05, 3.63) is 51.9 Å². The van der Waals surface area contributed by atoms with Crippen molar-refractivity contribution in [2.75, 3.05) is 7.11 Å². The number of hydrogen-bond donors (Lipinski definition) is 1. The van der Waals surface area contributed by atoms with Gasteiger partial charge in [-0.25, -0.2) is 9.97 Å². The Balaban J connectivity index is 2.02. The van der Waals surface area contributed by atoms with Gasteiger partial charge in [0.2, 0.25) is 5.88 Å². The van der Waals surface area contributed by atoms with Gasteiger partial charge < -0.3 is 10.1 Å². The molecule has 2 rings (SSSR count). The summed E-state index contributed by atoms with van der Waals surface area (Å²) >= 11 is 11.6. The molecule has 1 amide bonds. The Kier molecular flexibility index (Phi) is 4.76. The number of halogens is 2. The van der Waals surface area contributed by atoms with Crippen LogP contribution in [0.25, 0.3) is 0 Å². The second-order valence-electron chi connectivity index (χ2n) is 3.86. The molecule has 0 fully saturated rings. The molecule has 2 aromatic rings. The highest BCUT2D eigenvalue weighted by Gasteiger charge is 2.12. The van der Waals surface area contributed by atoms with Crippen LogP contribution < -0.4 is 10.1 Å². The summed E-state index contributed by atoms with van der Waals surface area (Å²) in [5.74, 6) is 0.118. The minimum absolute atomic E-state index is 0.0978. The molecule has 0 unspecified atom stereocenters. The predicted molar refractivity (Wildman–Crippen MR) is 76.2 cm³/mol. The van der Waals surface area contributed by atoms with E-state index in [4.69, 9.17) is 27.9 Å². The molecule has 0 saturated carbocycles. The number of carbonyl (C=O) groups excluding carboxylic acids is 1. The lowest BCUT2D eigenvalue weighted by Gasteiger charge is -2.06. The topological polar surface area (TPSA) is 64.1 Å². The van der Waals surface area contributed by atoms with Crippen LogP contribution in [0, 0.1) is 0 Å². The average molecular weight is 312 g/mol. The quantitative estimate of drug-likeness (QED) is 0.882. The molecule has 0 spiro atoms. The number of aromatic nitrogens is 2. The molecule has 104 valence electrons. The number of nitrogens with zero attached hydrogens (tertiary/aromatic N) is 2. The summed E-state index contributed by atoms with van der Waals surface area (Å²) in [6.07, 6.45) is 1.62. The normalized spacial score (nSPS) is 10.2. The van der Waals surface area contributed by atoms with Gasteiger partial charge in [0.15, 0.2) is 0 Å². The van der Waals surface area contributed by atoms with Gasteiger partial charge in [0.25, 0.3) is 5.91 Å². The standard InChI is InChI=1S/C13H11Cl2N3O2/c1-20-11-5-2-8(6-16-11)7-17-13(19)12-9(14)3-4-10(15)18-12/h2-6H,7H2,1H3,(H,17,19). The third-order valence-electron chi connectivity index (χ3n) is 2.49. The van der Waals surface area contributed by atoms with E-state index in [1.165, 1.54) is 19.2 Å². The van der Waals surface area contributed by atoms with Crippen LogP contribution in [0.5, 0.6) is 5.88 Å². The lowest BCUT2D eigenvalue weighted by atomic mass is 10.2. The van der Waals surface area contributed by atoms with Gasteiger partial charge in [0.1, 0.15) is 10.8 Å². The Labute approximate surface area is 125 Å². The second kappa shape index (κ2) is 6.54. The minimum Gasteiger partial charge on any atom is -0.481 e. The Hall–Kier alpha value is -1.85. The van der Waals surface area contributed by atoms with E-state index in [1.807, 2.05) is 0 Å². The molecule has 20 heavy (non-hydrogen) atoms. The van der Waals surface area contributed by atoms with Gasteiger partial charge in [-0.3, -0.25) is 4.79 Å². The second-order valence-corrected chi connectivity index (χ2v) is 4.65. The van der Waals surface area contributed by atoms with E-state index in [9.17, 15) is 4.79 Å². The van der Waals surface area contributed by atoms with Crippen molar-refractivity contribution in [1.29, 1.82) is 0 Å². The first-order valence-corrected chi connectivity index (χ1v) is 6.45.